The van der Waals surface area contributed by atoms with Gasteiger partial charge >= 0.3 is 0 Å². The van der Waals surface area contributed by atoms with E-state index in [1.807, 2.05) is 53.1 Å². The van der Waals surface area contributed by atoms with Crippen molar-refractivity contribution in [2.75, 3.05) is 18.5 Å². The summed E-state index contributed by atoms with van der Waals surface area (Å²) < 4.78 is 7.44. The highest BCUT2D eigenvalue weighted by Crippen LogP contribution is 2.22. The molecule has 1 saturated heterocycles. The number of rotatable bonds is 6. The Labute approximate surface area is 185 Å². The molecule has 0 unspecified atom stereocenters. The van der Waals surface area contributed by atoms with Crippen molar-refractivity contribution in [1.29, 1.82) is 0 Å². The normalized spacial score (nSPS) is 14.7. The average molecular weight is 435 g/mol. The summed E-state index contributed by atoms with van der Waals surface area (Å²) in [5.41, 5.74) is 3.75. The fourth-order valence-electron chi connectivity index (χ4n) is 3.83. The Morgan fingerprint density at radius 1 is 1.06 bits per heavy atom. The van der Waals surface area contributed by atoms with Gasteiger partial charge in [0.05, 0.1) is 5.69 Å². The highest BCUT2D eigenvalue weighted by Gasteiger charge is 2.15. The molecule has 1 aromatic carbocycles. The van der Waals surface area contributed by atoms with Gasteiger partial charge in [0.25, 0.3) is 0 Å². The molecule has 0 saturated carbocycles. The van der Waals surface area contributed by atoms with Gasteiger partial charge in [0.1, 0.15) is 5.82 Å². The molecule has 4 aromatic rings. The fourth-order valence-corrected chi connectivity index (χ4v) is 4.06. The van der Waals surface area contributed by atoms with Gasteiger partial charge in [-0.25, -0.2) is 9.97 Å². The van der Waals surface area contributed by atoms with Crippen LogP contribution in [0.25, 0.3) is 16.9 Å². The second kappa shape index (κ2) is 8.99. The summed E-state index contributed by atoms with van der Waals surface area (Å²) in [6.07, 6.45) is 7.30. The molecule has 0 bridgehead atoms. The zero-order chi connectivity index (χ0) is 21.0. The third-order valence-corrected chi connectivity index (χ3v) is 5.93. The molecule has 0 atom stereocenters. The second-order valence-corrected chi connectivity index (χ2v) is 8.05. The Kier molecular flexibility index (Phi) is 5.78. The lowest BCUT2D eigenvalue weighted by molar-refractivity contribution is 0.0903. The van der Waals surface area contributed by atoms with Crippen LogP contribution in [0.4, 0.5) is 5.95 Å². The van der Waals surface area contributed by atoms with Crippen molar-refractivity contribution in [1.82, 2.24) is 24.6 Å². The maximum absolute atomic E-state index is 6.28. The van der Waals surface area contributed by atoms with E-state index in [2.05, 4.69) is 20.5 Å². The Bertz CT molecular complexity index is 1190. The summed E-state index contributed by atoms with van der Waals surface area (Å²) in [5, 5.41) is 13.0. The van der Waals surface area contributed by atoms with Gasteiger partial charge in [-0.15, -0.1) is 10.2 Å². The number of fused-ring (bicyclic) bond motifs is 1. The fraction of sp³-hybridized carbons (Fsp3) is 0.304. The first-order valence-electron chi connectivity index (χ1n) is 10.5. The molecule has 1 N–H and O–H groups in total. The number of aromatic nitrogens is 5. The molecule has 0 aliphatic carbocycles. The lowest BCUT2D eigenvalue weighted by Crippen LogP contribution is -2.28. The van der Waals surface area contributed by atoms with Crippen LogP contribution in [0, 0.1) is 0 Å². The van der Waals surface area contributed by atoms with E-state index in [0.717, 1.165) is 72.2 Å². The van der Waals surface area contributed by atoms with Gasteiger partial charge in [0, 0.05) is 48.7 Å². The van der Waals surface area contributed by atoms with Crippen molar-refractivity contribution in [3.05, 3.63) is 71.3 Å². The van der Waals surface area contributed by atoms with Crippen LogP contribution in [0.5, 0.6) is 0 Å². The van der Waals surface area contributed by atoms with Crippen LogP contribution in [0.3, 0.4) is 0 Å². The molecule has 4 heterocycles. The lowest BCUT2D eigenvalue weighted by Gasteiger charge is -2.23. The first kappa shape index (κ1) is 19.9. The number of aryl methyl sites for hydroxylation is 2. The van der Waals surface area contributed by atoms with Gasteiger partial charge in [-0.1, -0.05) is 29.8 Å². The van der Waals surface area contributed by atoms with Crippen LogP contribution >= 0.6 is 11.6 Å². The first-order chi connectivity index (χ1) is 15.3. The van der Waals surface area contributed by atoms with Crippen molar-refractivity contribution in [3.63, 3.8) is 0 Å². The van der Waals surface area contributed by atoms with E-state index < -0.39 is 0 Å². The van der Waals surface area contributed by atoms with Gasteiger partial charge in [-0.3, -0.25) is 4.40 Å². The van der Waals surface area contributed by atoms with Crippen LogP contribution in [-0.4, -0.2) is 43.8 Å². The van der Waals surface area contributed by atoms with Gasteiger partial charge in [-0.05, 0) is 49.1 Å². The molecule has 0 radical (unpaired) electrons. The summed E-state index contributed by atoms with van der Waals surface area (Å²) in [6.45, 7) is 1.55. The Morgan fingerprint density at radius 3 is 2.81 bits per heavy atom. The SMILES string of the molecule is Clc1ccccc1CCc1nnc2cc(-c3ccnc(NC4CCOCC4)n3)ccn12. The van der Waals surface area contributed by atoms with E-state index >= 15 is 0 Å². The van der Waals surface area contributed by atoms with E-state index in [1.165, 1.54) is 0 Å². The molecule has 7 nitrogen and oxygen atoms in total. The molecule has 3 aromatic heterocycles. The van der Waals surface area contributed by atoms with Crippen LogP contribution in [0.2, 0.25) is 5.02 Å². The molecule has 8 heteroatoms. The van der Waals surface area contributed by atoms with Gasteiger partial charge in [-0.2, -0.15) is 0 Å². The van der Waals surface area contributed by atoms with Crippen LogP contribution in [0.15, 0.2) is 54.9 Å². The van der Waals surface area contributed by atoms with Gasteiger partial charge < -0.3 is 10.1 Å². The molecule has 1 aliphatic rings. The summed E-state index contributed by atoms with van der Waals surface area (Å²) in [4.78, 5) is 9.08. The van der Waals surface area contributed by atoms with Crippen molar-refractivity contribution < 1.29 is 4.74 Å². The third kappa shape index (κ3) is 4.52. The standard InChI is InChI=1S/C23H23ClN6O/c24-19-4-2-1-3-16(19)5-6-21-28-29-22-15-17(8-12-30(21)22)20-7-11-25-23(27-20)26-18-9-13-31-14-10-18/h1-4,7-8,11-12,15,18H,5-6,9-10,13-14H2,(H,25,26,27). The Balaban J connectivity index is 1.33. The van der Waals surface area contributed by atoms with E-state index in [0.29, 0.717) is 12.0 Å². The number of anilines is 1. The van der Waals surface area contributed by atoms with Crippen molar-refractivity contribution in [3.8, 4) is 11.3 Å². The quantitative estimate of drug-likeness (QED) is 0.489. The third-order valence-electron chi connectivity index (χ3n) is 5.56. The molecular weight excluding hydrogens is 412 g/mol. The van der Waals surface area contributed by atoms with Crippen LogP contribution in [0.1, 0.15) is 24.2 Å². The Hall–Kier alpha value is -3.03. The number of nitrogens with one attached hydrogen (secondary N) is 1. The van der Waals surface area contributed by atoms with Gasteiger partial charge in [0.2, 0.25) is 5.95 Å². The highest BCUT2D eigenvalue weighted by atomic mass is 35.5. The van der Waals surface area contributed by atoms with Crippen molar-refractivity contribution >= 4 is 23.2 Å². The number of halogens is 1. The lowest BCUT2D eigenvalue weighted by atomic mass is 10.1. The summed E-state index contributed by atoms with van der Waals surface area (Å²) in [6, 6.07) is 14.2. The molecule has 5 rings (SSSR count). The van der Waals surface area contributed by atoms with Crippen molar-refractivity contribution in [2.24, 2.45) is 0 Å². The van der Waals surface area contributed by atoms with Gasteiger partial charge in [0.15, 0.2) is 5.65 Å². The topological polar surface area (TPSA) is 77.2 Å². The predicted molar refractivity (Wildman–Crippen MR) is 120 cm³/mol. The molecule has 0 amide bonds. The first-order valence-corrected chi connectivity index (χ1v) is 10.9. The zero-order valence-corrected chi connectivity index (χ0v) is 17.8. The predicted octanol–water partition coefficient (Wildman–Crippen LogP) is 4.22. The van der Waals surface area contributed by atoms with Crippen LogP contribution < -0.4 is 5.32 Å². The minimum Gasteiger partial charge on any atom is -0.381 e. The van der Waals surface area contributed by atoms with Crippen molar-refractivity contribution in [2.45, 2.75) is 31.7 Å². The number of nitrogens with zero attached hydrogens (tertiary/aromatic N) is 5. The zero-order valence-electron chi connectivity index (χ0n) is 17.0. The molecule has 31 heavy (non-hydrogen) atoms. The average Bonchev–Trinajstić information content (AvgIpc) is 3.22. The maximum atomic E-state index is 6.28. The van der Waals surface area contributed by atoms with E-state index in [4.69, 9.17) is 21.3 Å². The van der Waals surface area contributed by atoms with E-state index in [1.54, 1.807) is 6.20 Å². The summed E-state index contributed by atoms with van der Waals surface area (Å²) >= 11 is 6.28. The van der Waals surface area contributed by atoms with Crippen LogP contribution in [-0.2, 0) is 17.6 Å². The minimum atomic E-state index is 0.351. The summed E-state index contributed by atoms with van der Waals surface area (Å²) in [5.74, 6) is 1.55. The summed E-state index contributed by atoms with van der Waals surface area (Å²) in [7, 11) is 0. The minimum absolute atomic E-state index is 0.351. The molecule has 158 valence electrons. The smallest absolute Gasteiger partial charge is 0.223 e. The maximum Gasteiger partial charge on any atom is 0.223 e. The largest absolute Gasteiger partial charge is 0.381 e. The molecule has 1 aliphatic heterocycles. The number of pyridine rings is 1. The van der Waals surface area contributed by atoms with E-state index in [-0.39, 0.29) is 0 Å². The molecule has 1 fully saturated rings. The molecular formula is C23H23ClN6O. The number of hydrogen-bond acceptors (Lipinski definition) is 6. The Morgan fingerprint density at radius 2 is 1.94 bits per heavy atom. The highest BCUT2D eigenvalue weighted by molar-refractivity contribution is 6.31. The number of ether oxygens (including phenoxy) is 1. The monoisotopic (exact) mass is 434 g/mol. The second-order valence-electron chi connectivity index (χ2n) is 7.65. The molecule has 0 spiro atoms. The van der Waals surface area contributed by atoms with E-state index in [9.17, 15) is 0 Å². The number of hydrogen-bond donors (Lipinski definition) is 1. The number of benzene rings is 1.